The third-order valence-electron chi connectivity index (χ3n) is 2.96. The molecular weight excluding hydrogens is 290 g/mol. The van der Waals surface area contributed by atoms with Crippen molar-refractivity contribution in [2.75, 3.05) is 18.5 Å². The van der Waals surface area contributed by atoms with Crippen molar-refractivity contribution in [2.45, 2.75) is 19.8 Å². The van der Waals surface area contributed by atoms with Crippen LogP contribution in [0, 0.1) is 0 Å². The molecule has 0 aliphatic carbocycles. The Morgan fingerprint density at radius 2 is 2.10 bits per heavy atom. The predicted molar refractivity (Wildman–Crippen MR) is 79.3 cm³/mol. The first-order valence-corrected chi connectivity index (χ1v) is 7.61. The maximum Gasteiger partial charge on any atom is 0.257 e. The summed E-state index contributed by atoms with van der Waals surface area (Å²) < 4.78 is 10.9. The smallest absolute Gasteiger partial charge is 0.257 e. The van der Waals surface area contributed by atoms with Crippen molar-refractivity contribution in [1.29, 1.82) is 0 Å². The second-order valence-electron chi connectivity index (χ2n) is 4.56. The van der Waals surface area contributed by atoms with Gasteiger partial charge < -0.3 is 9.47 Å². The lowest BCUT2D eigenvalue weighted by atomic mass is 10.2. The van der Waals surface area contributed by atoms with Gasteiger partial charge in [0, 0.05) is 12.0 Å². The molecule has 7 heteroatoms. The number of aromatic nitrogens is 2. The first-order chi connectivity index (χ1) is 10.3. The molecule has 0 spiro atoms. The van der Waals surface area contributed by atoms with Gasteiger partial charge in [-0.1, -0.05) is 18.3 Å². The van der Waals surface area contributed by atoms with E-state index in [1.807, 2.05) is 0 Å². The van der Waals surface area contributed by atoms with Crippen LogP contribution in [0.2, 0.25) is 0 Å². The highest BCUT2D eigenvalue weighted by atomic mass is 32.1. The number of fused-ring (bicyclic) bond motifs is 1. The maximum absolute atomic E-state index is 12.2. The fourth-order valence-electron chi connectivity index (χ4n) is 1.97. The minimum atomic E-state index is -0.230. The Morgan fingerprint density at radius 1 is 1.29 bits per heavy atom. The van der Waals surface area contributed by atoms with Crippen LogP contribution >= 0.6 is 11.3 Å². The molecule has 1 aromatic heterocycles. The summed E-state index contributed by atoms with van der Waals surface area (Å²) in [6.07, 6.45) is 1.88. The number of carbonyl (C=O) groups is 1. The van der Waals surface area contributed by atoms with Gasteiger partial charge in [0.05, 0.1) is 0 Å². The SMILES string of the molecule is CCCc1nnc(NC(=O)c2ccc3c(c2)OCCO3)s1. The third kappa shape index (κ3) is 3.13. The Bertz CT molecular complexity index is 657. The van der Waals surface area contributed by atoms with Gasteiger partial charge in [-0.05, 0) is 24.6 Å². The Morgan fingerprint density at radius 3 is 2.90 bits per heavy atom. The maximum atomic E-state index is 12.2. The predicted octanol–water partition coefficient (Wildman–Crippen LogP) is 2.51. The van der Waals surface area contributed by atoms with Crippen molar-refractivity contribution in [3.05, 3.63) is 28.8 Å². The van der Waals surface area contributed by atoms with Crippen LogP contribution in [0.25, 0.3) is 0 Å². The molecule has 1 aliphatic heterocycles. The Hall–Kier alpha value is -2.15. The molecule has 1 amide bonds. The highest BCUT2D eigenvalue weighted by molar-refractivity contribution is 7.15. The zero-order chi connectivity index (χ0) is 14.7. The third-order valence-corrected chi connectivity index (χ3v) is 3.85. The number of aryl methyl sites for hydroxylation is 1. The van der Waals surface area contributed by atoms with E-state index in [1.165, 1.54) is 11.3 Å². The van der Waals surface area contributed by atoms with E-state index in [0.717, 1.165) is 17.8 Å². The van der Waals surface area contributed by atoms with Gasteiger partial charge in [-0.25, -0.2) is 0 Å². The van der Waals surface area contributed by atoms with Gasteiger partial charge in [-0.3, -0.25) is 10.1 Å². The van der Waals surface area contributed by atoms with Gasteiger partial charge in [0.1, 0.15) is 18.2 Å². The summed E-state index contributed by atoms with van der Waals surface area (Å²) in [5, 5.41) is 12.2. The Labute approximate surface area is 126 Å². The lowest BCUT2D eigenvalue weighted by molar-refractivity contribution is 0.102. The molecule has 3 rings (SSSR count). The van der Waals surface area contributed by atoms with E-state index in [2.05, 4.69) is 22.4 Å². The summed E-state index contributed by atoms with van der Waals surface area (Å²) in [7, 11) is 0. The number of ether oxygens (including phenoxy) is 2. The molecule has 0 unspecified atom stereocenters. The van der Waals surface area contributed by atoms with Crippen LogP contribution in [0.3, 0.4) is 0 Å². The van der Waals surface area contributed by atoms with Crippen LogP contribution in [0.15, 0.2) is 18.2 Å². The monoisotopic (exact) mass is 305 g/mol. The largest absolute Gasteiger partial charge is 0.486 e. The van der Waals surface area contributed by atoms with Crippen LogP contribution in [0.4, 0.5) is 5.13 Å². The fourth-order valence-corrected chi connectivity index (χ4v) is 2.81. The highest BCUT2D eigenvalue weighted by Crippen LogP contribution is 2.31. The summed E-state index contributed by atoms with van der Waals surface area (Å²) in [6, 6.07) is 5.13. The van der Waals surface area contributed by atoms with Crippen molar-refractivity contribution in [3.63, 3.8) is 0 Å². The van der Waals surface area contributed by atoms with E-state index in [-0.39, 0.29) is 5.91 Å². The van der Waals surface area contributed by atoms with Crippen LogP contribution < -0.4 is 14.8 Å². The first-order valence-electron chi connectivity index (χ1n) is 6.79. The number of benzene rings is 1. The summed E-state index contributed by atoms with van der Waals surface area (Å²) in [6.45, 7) is 3.10. The molecule has 1 aromatic carbocycles. The molecule has 1 aliphatic rings. The average Bonchev–Trinajstić information content (AvgIpc) is 2.94. The number of carbonyl (C=O) groups excluding carboxylic acids is 1. The highest BCUT2D eigenvalue weighted by Gasteiger charge is 2.16. The van der Waals surface area contributed by atoms with E-state index in [0.29, 0.717) is 35.4 Å². The van der Waals surface area contributed by atoms with Crippen LogP contribution in [0.1, 0.15) is 28.7 Å². The van der Waals surface area contributed by atoms with Crippen molar-refractivity contribution < 1.29 is 14.3 Å². The van der Waals surface area contributed by atoms with Gasteiger partial charge >= 0.3 is 0 Å². The minimum absolute atomic E-state index is 0.230. The number of nitrogens with one attached hydrogen (secondary N) is 1. The standard InChI is InChI=1S/C14H15N3O3S/c1-2-3-12-16-17-14(21-12)15-13(18)9-4-5-10-11(8-9)20-7-6-19-10/h4-5,8H,2-3,6-7H2,1H3,(H,15,17,18). The van der Waals surface area contributed by atoms with Crippen molar-refractivity contribution in [2.24, 2.45) is 0 Å². The molecule has 2 heterocycles. The molecule has 0 atom stereocenters. The van der Waals surface area contributed by atoms with Gasteiger partial charge in [0.25, 0.3) is 5.91 Å². The first kappa shape index (κ1) is 13.8. The second kappa shape index (κ2) is 6.09. The van der Waals surface area contributed by atoms with Crippen molar-refractivity contribution in [1.82, 2.24) is 10.2 Å². The lowest BCUT2D eigenvalue weighted by Crippen LogP contribution is -2.17. The molecule has 21 heavy (non-hydrogen) atoms. The number of rotatable bonds is 4. The molecule has 0 saturated carbocycles. The molecule has 0 bridgehead atoms. The number of nitrogens with zero attached hydrogens (tertiary/aromatic N) is 2. The van der Waals surface area contributed by atoms with Gasteiger partial charge in [0.15, 0.2) is 11.5 Å². The molecule has 1 N–H and O–H groups in total. The van der Waals surface area contributed by atoms with Crippen LogP contribution in [-0.2, 0) is 6.42 Å². The van der Waals surface area contributed by atoms with E-state index in [1.54, 1.807) is 18.2 Å². The second-order valence-corrected chi connectivity index (χ2v) is 5.63. The molecule has 0 radical (unpaired) electrons. The summed E-state index contributed by atoms with van der Waals surface area (Å²) in [5.74, 6) is 1.03. The van der Waals surface area contributed by atoms with Crippen molar-refractivity contribution >= 4 is 22.4 Å². The van der Waals surface area contributed by atoms with Gasteiger partial charge in [-0.15, -0.1) is 10.2 Å². The molecule has 2 aromatic rings. The lowest BCUT2D eigenvalue weighted by Gasteiger charge is -2.18. The summed E-state index contributed by atoms with van der Waals surface area (Å²) in [4.78, 5) is 12.2. The van der Waals surface area contributed by atoms with Gasteiger partial charge in [0.2, 0.25) is 5.13 Å². The number of anilines is 1. The number of amides is 1. The summed E-state index contributed by atoms with van der Waals surface area (Å²) >= 11 is 1.40. The van der Waals surface area contributed by atoms with Crippen LogP contribution in [0.5, 0.6) is 11.5 Å². The average molecular weight is 305 g/mol. The molecule has 0 saturated heterocycles. The topological polar surface area (TPSA) is 73.3 Å². The molecule has 0 fully saturated rings. The van der Waals surface area contributed by atoms with Gasteiger partial charge in [-0.2, -0.15) is 0 Å². The Kier molecular flexibility index (Phi) is 4.01. The van der Waals surface area contributed by atoms with E-state index in [4.69, 9.17) is 9.47 Å². The normalized spacial score (nSPS) is 13.0. The zero-order valence-corrected chi connectivity index (χ0v) is 12.4. The molecule has 6 nitrogen and oxygen atoms in total. The number of hydrogen-bond acceptors (Lipinski definition) is 6. The zero-order valence-electron chi connectivity index (χ0n) is 11.6. The summed E-state index contributed by atoms with van der Waals surface area (Å²) in [5.41, 5.74) is 0.506. The van der Waals surface area contributed by atoms with Crippen LogP contribution in [-0.4, -0.2) is 29.3 Å². The number of hydrogen-bond donors (Lipinski definition) is 1. The molecule has 110 valence electrons. The van der Waals surface area contributed by atoms with E-state index in [9.17, 15) is 4.79 Å². The fraction of sp³-hybridized carbons (Fsp3) is 0.357. The molecular formula is C14H15N3O3S. The Balaban J connectivity index is 1.72. The minimum Gasteiger partial charge on any atom is -0.486 e. The quantitative estimate of drug-likeness (QED) is 0.939. The van der Waals surface area contributed by atoms with E-state index >= 15 is 0 Å². The van der Waals surface area contributed by atoms with Crippen molar-refractivity contribution in [3.8, 4) is 11.5 Å². The van der Waals surface area contributed by atoms with E-state index < -0.39 is 0 Å².